The van der Waals surface area contributed by atoms with Crippen LogP contribution >= 0.6 is 11.9 Å². The lowest BCUT2D eigenvalue weighted by molar-refractivity contribution is 0.578. The molecule has 5 nitrogen and oxygen atoms in total. The van der Waals surface area contributed by atoms with E-state index in [1.165, 1.54) is 11.0 Å². The molecule has 7 heteroatoms. The van der Waals surface area contributed by atoms with Crippen LogP contribution in [0.5, 0.6) is 0 Å². The van der Waals surface area contributed by atoms with Crippen molar-refractivity contribution >= 4 is 27.7 Å². The molecular weight excluding hydrogens is 330 g/mol. The van der Waals surface area contributed by atoms with Gasteiger partial charge in [0.1, 0.15) is 4.90 Å². The Morgan fingerprint density at radius 2 is 1.78 bits per heavy atom. The van der Waals surface area contributed by atoms with Gasteiger partial charge >= 0.3 is 0 Å². The second-order valence-corrected chi connectivity index (χ2v) is 8.16. The minimum atomic E-state index is -3.72. The Morgan fingerprint density at radius 1 is 1.09 bits per heavy atom. The Hall–Kier alpha value is -1.54. The monoisotopic (exact) mass is 349 g/mol. The maximum Gasteiger partial charge on any atom is 0.240 e. The summed E-state index contributed by atoms with van der Waals surface area (Å²) >= 11 is 1.73. The molecule has 122 valence electrons. The zero-order valence-corrected chi connectivity index (χ0v) is 14.2. The van der Waals surface area contributed by atoms with Crippen LogP contribution in [0.4, 0.5) is 5.69 Å². The molecule has 3 N–H and O–H groups in total. The number of nitrogens with one attached hydrogen (secondary N) is 1. The number of hydrogen-bond acceptors (Lipinski definition) is 5. The summed E-state index contributed by atoms with van der Waals surface area (Å²) in [6.45, 7) is 1.80. The van der Waals surface area contributed by atoms with Gasteiger partial charge in [0.15, 0.2) is 0 Å². The molecule has 0 aromatic heterocycles. The molecule has 1 fully saturated rings. The zero-order valence-electron chi connectivity index (χ0n) is 12.6. The van der Waals surface area contributed by atoms with E-state index in [4.69, 9.17) is 5.14 Å². The number of nitrogens with zero attached hydrogens (tertiary/aromatic N) is 1. The molecule has 0 aliphatic carbocycles. The lowest BCUT2D eigenvalue weighted by Gasteiger charge is -2.18. The highest BCUT2D eigenvalue weighted by atomic mass is 32.2. The van der Waals surface area contributed by atoms with Crippen molar-refractivity contribution in [1.29, 1.82) is 0 Å². The quantitative estimate of drug-likeness (QED) is 0.811. The fourth-order valence-corrected chi connectivity index (χ4v) is 4.34. The van der Waals surface area contributed by atoms with Crippen molar-refractivity contribution in [3.63, 3.8) is 0 Å². The maximum absolute atomic E-state index is 11.7. The second kappa shape index (κ2) is 6.92. The van der Waals surface area contributed by atoms with Gasteiger partial charge in [-0.15, -0.1) is 0 Å². The van der Waals surface area contributed by atoms with Crippen molar-refractivity contribution < 1.29 is 8.42 Å². The number of hydrogen-bond donors (Lipinski definition) is 2. The molecule has 1 unspecified atom stereocenters. The van der Waals surface area contributed by atoms with Crippen LogP contribution in [0.25, 0.3) is 0 Å². The van der Waals surface area contributed by atoms with Crippen LogP contribution < -0.4 is 10.5 Å². The number of para-hydroxylation sites is 1. The molecule has 3 rings (SSSR count). The third kappa shape index (κ3) is 4.26. The Morgan fingerprint density at radius 3 is 2.52 bits per heavy atom. The molecule has 0 amide bonds. The molecule has 1 atom stereocenters. The van der Waals surface area contributed by atoms with Crippen LogP contribution in [0.1, 0.15) is 6.42 Å². The van der Waals surface area contributed by atoms with E-state index in [-0.39, 0.29) is 10.9 Å². The SMILES string of the molecule is NS(=O)(=O)c1ccccc1NC1CCN(Sc2ccccc2)C1. The average molecular weight is 349 g/mol. The van der Waals surface area contributed by atoms with E-state index >= 15 is 0 Å². The van der Waals surface area contributed by atoms with Crippen LogP contribution in [0.3, 0.4) is 0 Å². The van der Waals surface area contributed by atoms with Crippen molar-refractivity contribution in [2.45, 2.75) is 22.3 Å². The van der Waals surface area contributed by atoms with Gasteiger partial charge in [-0.25, -0.2) is 17.9 Å². The molecule has 1 aliphatic heterocycles. The lowest BCUT2D eigenvalue weighted by atomic mass is 10.2. The molecule has 0 radical (unpaired) electrons. The maximum atomic E-state index is 11.7. The molecule has 2 aromatic rings. The molecule has 1 aliphatic rings. The summed E-state index contributed by atoms with van der Waals surface area (Å²) in [6, 6.07) is 17.2. The second-order valence-electron chi connectivity index (χ2n) is 5.46. The summed E-state index contributed by atoms with van der Waals surface area (Å²) in [5, 5.41) is 8.60. The predicted molar refractivity (Wildman–Crippen MR) is 93.7 cm³/mol. The van der Waals surface area contributed by atoms with Gasteiger partial charge in [-0.1, -0.05) is 30.3 Å². The molecule has 1 heterocycles. The van der Waals surface area contributed by atoms with Crippen molar-refractivity contribution in [1.82, 2.24) is 4.31 Å². The summed E-state index contributed by atoms with van der Waals surface area (Å²) < 4.78 is 25.6. The van der Waals surface area contributed by atoms with Gasteiger partial charge in [0.2, 0.25) is 10.0 Å². The highest BCUT2D eigenvalue weighted by Crippen LogP contribution is 2.29. The number of anilines is 1. The zero-order chi connectivity index (χ0) is 16.3. The largest absolute Gasteiger partial charge is 0.380 e. The number of sulfonamides is 1. The van der Waals surface area contributed by atoms with Gasteiger partial charge in [0, 0.05) is 24.0 Å². The number of nitrogens with two attached hydrogens (primary N) is 1. The first-order valence-electron chi connectivity index (χ1n) is 7.39. The Bertz CT molecular complexity index is 766. The van der Waals surface area contributed by atoms with Gasteiger partial charge in [-0.2, -0.15) is 0 Å². The highest BCUT2D eigenvalue weighted by molar-refractivity contribution is 7.97. The van der Waals surface area contributed by atoms with Gasteiger partial charge in [0.05, 0.1) is 5.69 Å². The number of primary sulfonamides is 1. The van der Waals surface area contributed by atoms with Crippen LogP contribution in [0.15, 0.2) is 64.4 Å². The minimum absolute atomic E-state index is 0.147. The van der Waals surface area contributed by atoms with Crippen LogP contribution in [-0.2, 0) is 10.0 Å². The molecule has 2 aromatic carbocycles. The van der Waals surface area contributed by atoms with E-state index in [0.29, 0.717) is 5.69 Å². The molecule has 0 saturated carbocycles. The third-order valence-electron chi connectivity index (χ3n) is 3.68. The first-order chi connectivity index (χ1) is 11.0. The van der Waals surface area contributed by atoms with Crippen molar-refractivity contribution in [2.75, 3.05) is 18.4 Å². The first kappa shape index (κ1) is 16.3. The van der Waals surface area contributed by atoms with E-state index in [9.17, 15) is 8.42 Å². The summed E-state index contributed by atoms with van der Waals surface area (Å²) in [4.78, 5) is 1.35. The van der Waals surface area contributed by atoms with Crippen LogP contribution in [-0.4, -0.2) is 31.9 Å². The Labute approximate surface area is 141 Å². The Balaban J connectivity index is 1.65. The van der Waals surface area contributed by atoms with Crippen LogP contribution in [0.2, 0.25) is 0 Å². The minimum Gasteiger partial charge on any atom is -0.380 e. The van der Waals surface area contributed by atoms with Crippen molar-refractivity contribution in [3.8, 4) is 0 Å². The average Bonchev–Trinajstić information content (AvgIpc) is 2.95. The predicted octanol–water partition coefficient (Wildman–Crippen LogP) is 2.53. The molecular formula is C16H19N3O2S2. The normalized spacial score (nSPS) is 18.9. The standard InChI is InChI=1S/C16H19N3O2S2/c17-23(20,21)16-9-5-4-8-15(16)18-13-10-11-19(12-13)22-14-6-2-1-3-7-14/h1-9,13,18H,10-12H2,(H2,17,20,21). The highest BCUT2D eigenvalue weighted by Gasteiger charge is 2.24. The first-order valence-corrected chi connectivity index (χ1v) is 9.71. The summed E-state index contributed by atoms with van der Waals surface area (Å²) in [7, 11) is -3.72. The van der Waals surface area contributed by atoms with Gasteiger partial charge < -0.3 is 5.32 Å². The fourth-order valence-electron chi connectivity index (χ4n) is 2.61. The van der Waals surface area contributed by atoms with Crippen molar-refractivity contribution in [3.05, 3.63) is 54.6 Å². The molecule has 1 saturated heterocycles. The van der Waals surface area contributed by atoms with Gasteiger partial charge in [-0.05, 0) is 42.6 Å². The van der Waals surface area contributed by atoms with E-state index in [1.54, 1.807) is 24.1 Å². The summed E-state index contributed by atoms with van der Waals surface area (Å²) in [5.41, 5.74) is 0.576. The molecule has 23 heavy (non-hydrogen) atoms. The van der Waals surface area contributed by atoms with Crippen molar-refractivity contribution in [2.24, 2.45) is 5.14 Å². The summed E-state index contributed by atoms with van der Waals surface area (Å²) in [6.07, 6.45) is 0.957. The lowest BCUT2D eigenvalue weighted by Crippen LogP contribution is -2.24. The topological polar surface area (TPSA) is 75.4 Å². The third-order valence-corrected chi connectivity index (χ3v) is 5.72. The van der Waals surface area contributed by atoms with Crippen LogP contribution in [0, 0.1) is 0 Å². The van der Waals surface area contributed by atoms with Gasteiger partial charge in [0.25, 0.3) is 0 Å². The Kier molecular flexibility index (Phi) is 4.91. The van der Waals surface area contributed by atoms with E-state index in [1.807, 2.05) is 24.3 Å². The smallest absolute Gasteiger partial charge is 0.240 e. The van der Waals surface area contributed by atoms with E-state index in [2.05, 4.69) is 21.8 Å². The van der Waals surface area contributed by atoms with E-state index in [0.717, 1.165) is 19.5 Å². The molecule has 0 spiro atoms. The molecule has 0 bridgehead atoms. The number of benzene rings is 2. The summed E-state index contributed by atoms with van der Waals surface area (Å²) in [5.74, 6) is 0. The fraction of sp³-hybridized carbons (Fsp3) is 0.250. The van der Waals surface area contributed by atoms with E-state index < -0.39 is 10.0 Å². The van der Waals surface area contributed by atoms with Gasteiger partial charge in [-0.3, -0.25) is 0 Å². The number of rotatable bonds is 5.